The first-order valence-corrected chi connectivity index (χ1v) is 7.89. The molecule has 0 aliphatic carbocycles. The lowest BCUT2D eigenvalue weighted by Gasteiger charge is -2.08. The van der Waals surface area contributed by atoms with Crippen LogP contribution in [0.2, 0.25) is 0 Å². The highest BCUT2D eigenvalue weighted by molar-refractivity contribution is 5.93. The van der Waals surface area contributed by atoms with E-state index in [0.717, 1.165) is 28.5 Å². The molecule has 3 aromatic rings. The number of nitrogens with one attached hydrogen (secondary N) is 1. The van der Waals surface area contributed by atoms with Crippen LogP contribution in [0, 0.1) is 11.6 Å². The van der Waals surface area contributed by atoms with Crippen molar-refractivity contribution in [3.05, 3.63) is 77.9 Å². The summed E-state index contributed by atoms with van der Waals surface area (Å²) in [6.07, 6.45) is 0.0169. The minimum atomic E-state index is -0.902. The van der Waals surface area contributed by atoms with Gasteiger partial charge in [-0.1, -0.05) is 42.5 Å². The molecule has 26 heavy (non-hydrogen) atoms. The predicted molar refractivity (Wildman–Crippen MR) is 93.6 cm³/mol. The summed E-state index contributed by atoms with van der Waals surface area (Å²) in [4.78, 5) is 23.6. The van der Waals surface area contributed by atoms with Crippen LogP contribution in [0.5, 0.6) is 0 Å². The fraction of sp³-hybridized carbons (Fsp3) is 0.100. The molecule has 0 saturated carbocycles. The molecule has 6 heteroatoms. The standard InChI is InChI=1S/C20H15F2NO3/c21-16-7-8-18(17(22)11-16)23-19(24)12-26-20(25)10-13-5-6-14-3-1-2-4-15(14)9-13/h1-9,11H,10,12H2,(H,23,24). The zero-order valence-electron chi connectivity index (χ0n) is 13.7. The topological polar surface area (TPSA) is 55.4 Å². The summed E-state index contributed by atoms with van der Waals surface area (Å²) >= 11 is 0. The van der Waals surface area contributed by atoms with Crippen molar-refractivity contribution in [2.24, 2.45) is 0 Å². The van der Waals surface area contributed by atoms with Crippen LogP contribution in [0.25, 0.3) is 10.8 Å². The Hall–Kier alpha value is -3.28. The minimum Gasteiger partial charge on any atom is -0.455 e. The van der Waals surface area contributed by atoms with Crippen molar-refractivity contribution in [2.75, 3.05) is 11.9 Å². The molecule has 4 nitrogen and oxygen atoms in total. The average molecular weight is 355 g/mol. The molecule has 0 radical (unpaired) electrons. The van der Waals surface area contributed by atoms with Gasteiger partial charge in [-0.25, -0.2) is 8.78 Å². The van der Waals surface area contributed by atoms with Crippen molar-refractivity contribution in [2.45, 2.75) is 6.42 Å². The van der Waals surface area contributed by atoms with Crippen LogP contribution in [-0.2, 0) is 20.7 Å². The highest BCUT2D eigenvalue weighted by atomic mass is 19.1. The number of anilines is 1. The molecule has 3 aromatic carbocycles. The summed E-state index contributed by atoms with van der Waals surface area (Å²) in [5.41, 5.74) is 0.584. The maximum Gasteiger partial charge on any atom is 0.310 e. The van der Waals surface area contributed by atoms with E-state index in [-0.39, 0.29) is 12.1 Å². The lowest BCUT2D eigenvalue weighted by atomic mass is 10.1. The number of hydrogen-bond donors (Lipinski definition) is 1. The van der Waals surface area contributed by atoms with Gasteiger partial charge in [0, 0.05) is 6.07 Å². The van der Waals surface area contributed by atoms with Crippen LogP contribution in [0.1, 0.15) is 5.56 Å². The number of benzene rings is 3. The third kappa shape index (κ3) is 4.42. The van der Waals surface area contributed by atoms with Crippen LogP contribution in [0.3, 0.4) is 0 Å². The number of carbonyl (C=O) groups excluding carboxylic acids is 2. The molecule has 0 aliphatic heterocycles. The fourth-order valence-corrected chi connectivity index (χ4v) is 2.49. The zero-order valence-corrected chi connectivity index (χ0v) is 13.7. The number of rotatable bonds is 5. The number of hydrogen-bond acceptors (Lipinski definition) is 3. The number of amides is 1. The molecule has 3 rings (SSSR count). The summed E-state index contributed by atoms with van der Waals surface area (Å²) in [6.45, 7) is -0.552. The van der Waals surface area contributed by atoms with Crippen LogP contribution in [0.15, 0.2) is 60.7 Å². The molecule has 0 atom stereocenters. The Balaban J connectivity index is 1.53. The van der Waals surface area contributed by atoms with Crippen molar-refractivity contribution >= 4 is 28.3 Å². The van der Waals surface area contributed by atoms with E-state index in [1.54, 1.807) is 0 Å². The maximum atomic E-state index is 13.5. The van der Waals surface area contributed by atoms with Gasteiger partial charge in [0.15, 0.2) is 6.61 Å². The summed E-state index contributed by atoms with van der Waals surface area (Å²) in [5.74, 6) is -2.93. The van der Waals surface area contributed by atoms with Crippen molar-refractivity contribution in [1.82, 2.24) is 0 Å². The Kier molecular flexibility index (Phi) is 5.22. The maximum absolute atomic E-state index is 13.5. The minimum absolute atomic E-state index is 0.0169. The first kappa shape index (κ1) is 17.5. The van der Waals surface area contributed by atoms with Crippen LogP contribution in [-0.4, -0.2) is 18.5 Å². The quantitative estimate of drug-likeness (QED) is 0.708. The van der Waals surface area contributed by atoms with Gasteiger partial charge in [0.05, 0.1) is 12.1 Å². The van der Waals surface area contributed by atoms with E-state index >= 15 is 0 Å². The zero-order chi connectivity index (χ0) is 18.5. The lowest BCUT2D eigenvalue weighted by molar-refractivity contribution is -0.146. The van der Waals surface area contributed by atoms with Crippen molar-refractivity contribution in [1.29, 1.82) is 0 Å². The number of fused-ring (bicyclic) bond motifs is 1. The average Bonchev–Trinajstić information content (AvgIpc) is 2.62. The van der Waals surface area contributed by atoms with E-state index in [0.29, 0.717) is 6.07 Å². The SMILES string of the molecule is O=C(COC(=O)Cc1ccc2ccccc2c1)Nc1ccc(F)cc1F. The van der Waals surface area contributed by atoms with Gasteiger partial charge in [0.25, 0.3) is 5.91 Å². The van der Waals surface area contributed by atoms with Gasteiger partial charge >= 0.3 is 5.97 Å². The van der Waals surface area contributed by atoms with Gasteiger partial charge in [-0.15, -0.1) is 0 Å². The molecule has 0 bridgehead atoms. The normalized spacial score (nSPS) is 10.5. The van der Waals surface area contributed by atoms with Gasteiger partial charge in [-0.3, -0.25) is 9.59 Å². The smallest absolute Gasteiger partial charge is 0.310 e. The second kappa shape index (κ2) is 7.74. The summed E-state index contributed by atoms with van der Waals surface area (Å²) in [7, 11) is 0. The molecular formula is C20H15F2NO3. The van der Waals surface area contributed by atoms with Crippen LogP contribution < -0.4 is 5.32 Å². The van der Waals surface area contributed by atoms with E-state index in [1.165, 1.54) is 0 Å². The second-order valence-electron chi connectivity index (χ2n) is 5.69. The van der Waals surface area contributed by atoms with Gasteiger partial charge in [-0.05, 0) is 28.5 Å². The Labute approximate surface area is 148 Å². The summed E-state index contributed by atoms with van der Waals surface area (Å²) < 4.78 is 31.2. The number of ether oxygens (including phenoxy) is 1. The molecule has 0 heterocycles. The summed E-state index contributed by atoms with van der Waals surface area (Å²) in [6, 6.07) is 16.1. The molecule has 132 valence electrons. The van der Waals surface area contributed by atoms with Crippen LogP contribution in [0.4, 0.5) is 14.5 Å². The van der Waals surface area contributed by atoms with E-state index in [4.69, 9.17) is 4.74 Å². The number of esters is 1. The molecular weight excluding hydrogens is 340 g/mol. The van der Waals surface area contributed by atoms with Gasteiger partial charge in [0.1, 0.15) is 11.6 Å². The van der Waals surface area contributed by atoms with Gasteiger partial charge < -0.3 is 10.1 Å². The highest BCUT2D eigenvalue weighted by Gasteiger charge is 2.11. The molecule has 0 aromatic heterocycles. The molecule has 0 aliphatic rings. The molecule has 0 saturated heterocycles. The van der Waals surface area contributed by atoms with Gasteiger partial charge in [0.2, 0.25) is 0 Å². The molecule has 0 spiro atoms. The Morgan fingerprint density at radius 3 is 2.46 bits per heavy atom. The molecule has 1 amide bonds. The number of carbonyl (C=O) groups is 2. The Bertz CT molecular complexity index is 972. The largest absolute Gasteiger partial charge is 0.455 e. The van der Waals surface area contributed by atoms with Crippen LogP contribution >= 0.6 is 0 Å². The molecule has 0 unspecified atom stereocenters. The Morgan fingerprint density at radius 1 is 0.923 bits per heavy atom. The third-order valence-corrected chi connectivity index (χ3v) is 3.73. The molecule has 0 fully saturated rings. The van der Waals surface area contributed by atoms with Crippen molar-refractivity contribution < 1.29 is 23.1 Å². The first-order chi connectivity index (χ1) is 12.5. The lowest BCUT2D eigenvalue weighted by Crippen LogP contribution is -2.22. The third-order valence-electron chi connectivity index (χ3n) is 3.73. The van der Waals surface area contributed by atoms with Gasteiger partial charge in [-0.2, -0.15) is 0 Å². The monoisotopic (exact) mass is 355 g/mol. The fourth-order valence-electron chi connectivity index (χ4n) is 2.49. The van der Waals surface area contributed by atoms with E-state index in [2.05, 4.69) is 5.32 Å². The Morgan fingerprint density at radius 2 is 1.69 bits per heavy atom. The van der Waals surface area contributed by atoms with E-state index < -0.39 is 30.1 Å². The number of halogens is 2. The highest BCUT2D eigenvalue weighted by Crippen LogP contribution is 2.17. The van der Waals surface area contributed by atoms with Crippen molar-refractivity contribution in [3.8, 4) is 0 Å². The van der Waals surface area contributed by atoms with E-state index in [1.807, 2.05) is 42.5 Å². The summed E-state index contributed by atoms with van der Waals surface area (Å²) in [5, 5.41) is 4.29. The predicted octanol–water partition coefficient (Wildman–Crippen LogP) is 3.84. The first-order valence-electron chi connectivity index (χ1n) is 7.89. The molecule has 1 N–H and O–H groups in total. The van der Waals surface area contributed by atoms with E-state index in [9.17, 15) is 18.4 Å². The second-order valence-corrected chi connectivity index (χ2v) is 5.69. The van der Waals surface area contributed by atoms with Crippen molar-refractivity contribution in [3.63, 3.8) is 0 Å².